The van der Waals surface area contributed by atoms with Crippen LogP contribution in [0.2, 0.25) is 0 Å². The highest BCUT2D eigenvalue weighted by molar-refractivity contribution is 7.89. The van der Waals surface area contributed by atoms with Crippen LogP contribution in [0.1, 0.15) is 20.3 Å². The molecule has 0 bridgehead atoms. The Kier molecular flexibility index (Phi) is 5.99. The minimum atomic E-state index is -1.11. The summed E-state index contributed by atoms with van der Waals surface area (Å²) in [6, 6.07) is 19.8. The molecule has 1 unspecified atom stereocenters. The highest BCUT2D eigenvalue weighted by Gasteiger charge is 2.28. The second-order valence-electron chi connectivity index (χ2n) is 7.31. The lowest BCUT2D eigenvalue weighted by Crippen LogP contribution is -2.41. The molecule has 150 valence electrons. The minimum Gasteiger partial charge on any atom is -0.593 e. The molecule has 29 heavy (non-hydrogen) atoms. The van der Waals surface area contributed by atoms with Gasteiger partial charge in [0, 0.05) is 42.5 Å². The fourth-order valence-corrected chi connectivity index (χ4v) is 4.34. The van der Waals surface area contributed by atoms with E-state index in [9.17, 15) is 4.55 Å². The van der Waals surface area contributed by atoms with Crippen LogP contribution in [-0.2, 0) is 11.4 Å². The van der Waals surface area contributed by atoms with Crippen molar-refractivity contribution >= 4 is 28.7 Å². The SMILES string of the molecule is CC(C)Nc1cc(Nc2cccc([S+]([O-])N3CCC3)c2)nc(-c2ccccc2)n1. The molecule has 1 fully saturated rings. The molecule has 0 radical (unpaired) electrons. The molecule has 6 nitrogen and oxygen atoms in total. The first-order chi connectivity index (χ1) is 14.1. The molecular weight excluding hydrogens is 382 g/mol. The zero-order valence-corrected chi connectivity index (χ0v) is 17.4. The maximum atomic E-state index is 12.6. The number of hydrogen-bond donors (Lipinski definition) is 2. The van der Waals surface area contributed by atoms with Crippen LogP contribution in [0.3, 0.4) is 0 Å². The van der Waals surface area contributed by atoms with E-state index in [0.717, 1.165) is 41.5 Å². The summed E-state index contributed by atoms with van der Waals surface area (Å²) in [7, 11) is 0. The van der Waals surface area contributed by atoms with Crippen LogP contribution in [0.5, 0.6) is 0 Å². The molecule has 4 rings (SSSR count). The van der Waals surface area contributed by atoms with Gasteiger partial charge in [0.1, 0.15) is 11.6 Å². The molecule has 0 aliphatic carbocycles. The molecule has 0 saturated carbocycles. The molecule has 1 aliphatic heterocycles. The van der Waals surface area contributed by atoms with Gasteiger partial charge in [-0.15, -0.1) is 4.31 Å². The highest BCUT2D eigenvalue weighted by atomic mass is 32.2. The molecular formula is C22H25N5OS. The van der Waals surface area contributed by atoms with E-state index in [0.29, 0.717) is 11.6 Å². The molecule has 2 N–H and O–H groups in total. The average molecular weight is 408 g/mol. The summed E-state index contributed by atoms with van der Waals surface area (Å²) in [4.78, 5) is 10.1. The lowest BCUT2D eigenvalue weighted by molar-refractivity contribution is 0.309. The Hall–Kier alpha value is -2.61. The van der Waals surface area contributed by atoms with Gasteiger partial charge in [-0.05, 0) is 32.4 Å². The normalized spacial score (nSPS) is 15.0. The predicted molar refractivity (Wildman–Crippen MR) is 119 cm³/mol. The molecule has 1 atom stereocenters. The zero-order valence-electron chi connectivity index (χ0n) is 16.6. The number of anilines is 3. The van der Waals surface area contributed by atoms with Gasteiger partial charge in [-0.1, -0.05) is 36.4 Å². The molecule has 1 aliphatic rings. The van der Waals surface area contributed by atoms with Crippen LogP contribution in [-0.4, -0.2) is 38.0 Å². The average Bonchev–Trinajstić information content (AvgIpc) is 2.67. The molecule has 0 amide bonds. The summed E-state index contributed by atoms with van der Waals surface area (Å²) in [6.45, 7) is 5.93. The largest absolute Gasteiger partial charge is 0.593 e. The third kappa shape index (κ3) is 4.87. The van der Waals surface area contributed by atoms with Crippen molar-refractivity contribution < 1.29 is 4.55 Å². The summed E-state index contributed by atoms with van der Waals surface area (Å²) < 4.78 is 14.6. The monoisotopic (exact) mass is 407 g/mol. The van der Waals surface area contributed by atoms with Gasteiger partial charge < -0.3 is 15.2 Å². The van der Waals surface area contributed by atoms with Crippen molar-refractivity contribution in [1.29, 1.82) is 0 Å². The van der Waals surface area contributed by atoms with Gasteiger partial charge in [-0.3, -0.25) is 0 Å². The fourth-order valence-electron chi connectivity index (χ4n) is 3.03. The predicted octanol–water partition coefficient (Wildman–Crippen LogP) is 4.44. The van der Waals surface area contributed by atoms with Gasteiger partial charge in [0.2, 0.25) is 0 Å². The number of nitrogens with zero attached hydrogens (tertiary/aromatic N) is 3. The van der Waals surface area contributed by atoms with E-state index in [1.807, 2.05) is 65.0 Å². The van der Waals surface area contributed by atoms with E-state index in [2.05, 4.69) is 29.5 Å². The number of aromatic nitrogens is 2. The van der Waals surface area contributed by atoms with Crippen molar-refractivity contribution in [3.8, 4) is 11.4 Å². The van der Waals surface area contributed by atoms with Crippen LogP contribution in [0.4, 0.5) is 17.3 Å². The number of benzene rings is 2. The summed E-state index contributed by atoms with van der Waals surface area (Å²) in [6.07, 6.45) is 1.11. The Bertz CT molecular complexity index is 962. The maximum absolute atomic E-state index is 12.6. The molecule has 1 saturated heterocycles. The van der Waals surface area contributed by atoms with Crippen molar-refractivity contribution in [2.75, 3.05) is 23.7 Å². The first-order valence-corrected chi connectivity index (χ1v) is 10.9. The van der Waals surface area contributed by atoms with E-state index >= 15 is 0 Å². The van der Waals surface area contributed by atoms with Gasteiger partial charge in [0.05, 0.1) is 11.4 Å². The van der Waals surface area contributed by atoms with Crippen molar-refractivity contribution in [2.45, 2.75) is 31.2 Å². The first kappa shape index (κ1) is 19.7. The third-order valence-corrected chi connectivity index (χ3v) is 6.04. The second kappa shape index (κ2) is 8.82. The van der Waals surface area contributed by atoms with Crippen LogP contribution >= 0.6 is 0 Å². The fraction of sp³-hybridized carbons (Fsp3) is 0.273. The highest BCUT2D eigenvalue weighted by Crippen LogP contribution is 2.26. The summed E-state index contributed by atoms with van der Waals surface area (Å²) in [5.41, 5.74) is 1.81. The van der Waals surface area contributed by atoms with Crippen LogP contribution in [0.25, 0.3) is 11.4 Å². The van der Waals surface area contributed by atoms with E-state index in [1.54, 1.807) is 0 Å². The second-order valence-corrected chi connectivity index (χ2v) is 8.80. The Balaban J connectivity index is 1.62. The Morgan fingerprint density at radius 2 is 1.72 bits per heavy atom. The van der Waals surface area contributed by atoms with E-state index in [-0.39, 0.29) is 6.04 Å². The molecule has 7 heteroatoms. The third-order valence-electron chi connectivity index (χ3n) is 4.55. The van der Waals surface area contributed by atoms with Crippen LogP contribution in [0.15, 0.2) is 65.6 Å². The molecule has 2 heterocycles. The summed E-state index contributed by atoms with van der Waals surface area (Å²) in [5.74, 6) is 2.10. The molecule has 1 aromatic heterocycles. The Morgan fingerprint density at radius 3 is 2.41 bits per heavy atom. The van der Waals surface area contributed by atoms with Crippen LogP contribution < -0.4 is 10.6 Å². The number of nitrogens with one attached hydrogen (secondary N) is 2. The van der Waals surface area contributed by atoms with Crippen LogP contribution in [0, 0.1) is 0 Å². The lowest BCUT2D eigenvalue weighted by Gasteiger charge is -2.30. The van der Waals surface area contributed by atoms with Gasteiger partial charge >= 0.3 is 0 Å². The maximum Gasteiger partial charge on any atom is 0.176 e. The van der Waals surface area contributed by atoms with Gasteiger partial charge in [-0.25, -0.2) is 9.97 Å². The molecule has 3 aromatic rings. The van der Waals surface area contributed by atoms with E-state index in [4.69, 9.17) is 4.98 Å². The Morgan fingerprint density at radius 1 is 0.966 bits per heavy atom. The summed E-state index contributed by atoms with van der Waals surface area (Å²) >= 11 is -1.11. The minimum absolute atomic E-state index is 0.253. The van der Waals surface area contributed by atoms with E-state index < -0.39 is 11.4 Å². The first-order valence-electron chi connectivity index (χ1n) is 9.83. The van der Waals surface area contributed by atoms with Crippen molar-refractivity contribution in [1.82, 2.24) is 14.3 Å². The smallest absolute Gasteiger partial charge is 0.176 e. The summed E-state index contributed by atoms with van der Waals surface area (Å²) in [5, 5.41) is 6.71. The topological polar surface area (TPSA) is 76.1 Å². The van der Waals surface area contributed by atoms with Crippen molar-refractivity contribution in [3.05, 3.63) is 60.7 Å². The molecule has 0 spiro atoms. The number of rotatable bonds is 7. The van der Waals surface area contributed by atoms with Gasteiger partial charge in [0.25, 0.3) is 0 Å². The van der Waals surface area contributed by atoms with Gasteiger partial charge in [-0.2, -0.15) is 0 Å². The van der Waals surface area contributed by atoms with Crippen molar-refractivity contribution in [3.63, 3.8) is 0 Å². The number of hydrogen-bond acceptors (Lipinski definition) is 6. The standard InChI is InChI=1S/C22H25N5OS/c1-16(2)23-20-15-21(26-22(25-20)17-8-4-3-5-9-17)24-18-10-6-11-19(14-18)29(28)27-12-7-13-27/h3-6,8-11,14-16H,7,12-13H2,1-2H3,(H2,23,24,25,26). The zero-order chi connectivity index (χ0) is 20.2. The lowest BCUT2D eigenvalue weighted by atomic mass is 10.2. The Labute approximate surface area is 174 Å². The van der Waals surface area contributed by atoms with Gasteiger partial charge in [0.15, 0.2) is 10.7 Å². The molecule has 2 aromatic carbocycles. The van der Waals surface area contributed by atoms with Crippen molar-refractivity contribution in [2.24, 2.45) is 0 Å². The quantitative estimate of drug-likeness (QED) is 0.564. The van der Waals surface area contributed by atoms with E-state index in [1.165, 1.54) is 0 Å².